The molecule has 0 bridgehead atoms. The quantitative estimate of drug-likeness (QED) is 0.767. The van der Waals surface area contributed by atoms with Gasteiger partial charge in [-0.1, -0.05) is 13.3 Å². The predicted molar refractivity (Wildman–Crippen MR) is 81.0 cm³/mol. The summed E-state index contributed by atoms with van der Waals surface area (Å²) in [5.74, 6) is 0. The fraction of sp³-hybridized carbons (Fsp3) is 0.938. The number of rotatable bonds is 7. The summed E-state index contributed by atoms with van der Waals surface area (Å²) in [5.41, 5.74) is -0.349. The van der Waals surface area contributed by atoms with Crippen LogP contribution in [0.25, 0.3) is 0 Å². The summed E-state index contributed by atoms with van der Waals surface area (Å²) in [4.78, 5) is 2.63. The molecule has 1 saturated heterocycles. The van der Waals surface area contributed by atoms with Gasteiger partial charge in [-0.25, -0.2) is 0 Å². The van der Waals surface area contributed by atoms with Gasteiger partial charge in [0.05, 0.1) is 6.07 Å². The molecule has 1 rings (SSSR count). The Morgan fingerprint density at radius 3 is 2.47 bits per heavy atom. The molecular formula is C16H31N3. The van der Waals surface area contributed by atoms with Gasteiger partial charge in [0, 0.05) is 12.1 Å². The van der Waals surface area contributed by atoms with Crippen LogP contribution in [0.2, 0.25) is 0 Å². The molecular weight excluding hydrogens is 234 g/mol. The van der Waals surface area contributed by atoms with Crippen molar-refractivity contribution in [1.29, 1.82) is 5.26 Å². The second-order valence-corrected chi connectivity index (χ2v) is 6.34. The van der Waals surface area contributed by atoms with Gasteiger partial charge in [-0.2, -0.15) is 5.26 Å². The molecule has 3 heteroatoms. The molecule has 3 atom stereocenters. The summed E-state index contributed by atoms with van der Waals surface area (Å²) >= 11 is 0. The lowest BCUT2D eigenvalue weighted by molar-refractivity contribution is 0.0993. The molecule has 0 radical (unpaired) electrons. The molecule has 0 spiro atoms. The SMILES string of the molecule is CCCNC(C)(C#N)CCCN1C(C)CCCC1C. The van der Waals surface area contributed by atoms with Crippen molar-refractivity contribution in [2.75, 3.05) is 13.1 Å². The molecule has 3 unspecified atom stereocenters. The molecule has 1 aliphatic heterocycles. The third kappa shape index (κ3) is 5.12. The van der Waals surface area contributed by atoms with Crippen LogP contribution in [0.15, 0.2) is 0 Å². The number of nitrogens with zero attached hydrogens (tertiary/aromatic N) is 2. The maximum Gasteiger partial charge on any atom is 0.103 e. The second-order valence-electron chi connectivity index (χ2n) is 6.34. The van der Waals surface area contributed by atoms with Crippen molar-refractivity contribution in [2.45, 2.75) is 83.8 Å². The van der Waals surface area contributed by atoms with Crippen LogP contribution in [-0.2, 0) is 0 Å². The molecule has 0 aromatic rings. The van der Waals surface area contributed by atoms with Crippen molar-refractivity contribution in [3.8, 4) is 6.07 Å². The van der Waals surface area contributed by atoms with Crippen LogP contribution < -0.4 is 5.32 Å². The van der Waals surface area contributed by atoms with E-state index in [0.29, 0.717) is 12.1 Å². The fourth-order valence-corrected chi connectivity index (χ4v) is 3.12. The zero-order valence-corrected chi connectivity index (χ0v) is 13.2. The zero-order chi connectivity index (χ0) is 14.3. The Morgan fingerprint density at radius 1 is 1.32 bits per heavy atom. The molecule has 1 fully saturated rings. The standard InChI is InChI=1S/C16H31N3/c1-5-11-18-16(4,13-17)10-7-12-19-14(2)8-6-9-15(19)3/h14-15,18H,5-12H2,1-4H3. The Kier molecular flexibility index (Phi) is 6.82. The van der Waals surface area contributed by atoms with Crippen molar-refractivity contribution in [3.63, 3.8) is 0 Å². The van der Waals surface area contributed by atoms with Gasteiger partial charge in [-0.05, 0) is 66.0 Å². The van der Waals surface area contributed by atoms with E-state index in [1.807, 2.05) is 6.92 Å². The summed E-state index contributed by atoms with van der Waals surface area (Å²) in [7, 11) is 0. The molecule has 1 heterocycles. The lowest BCUT2D eigenvalue weighted by Crippen LogP contribution is -2.46. The van der Waals surface area contributed by atoms with Crippen LogP contribution in [0.1, 0.15) is 66.2 Å². The van der Waals surface area contributed by atoms with E-state index in [0.717, 1.165) is 32.4 Å². The maximum absolute atomic E-state index is 9.33. The van der Waals surface area contributed by atoms with Gasteiger partial charge in [0.25, 0.3) is 0 Å². The van der Waals surface area contributed by atoms with Gasteiger partial charge in [0.2, 0.25) is 0 Å². The third-order valence-electron chi connectivity index (χ3n) is 4.48. The first kappa shape index (κ1) is 16.5. The monoisotopic (exact) mass is 265 g/mol. The Morgan fingerprint density at radius 2 is 1.95 bits per heavy atom. The van der Waals surface area contributed by atoms with E-state index in [4.69, 9.17) is 0 Å². The van der Waals surface area contributed by atoms with E-state index in [-0.39, 0.29) is 5.54 Å². The zero-order valence-electron chi connectivity index (χ0n) is 13.2. The Balaban J connectivity index is 2.37. The molecule has 0 aromatic heterocycles. The number of hydrogen-bond donors (Lipinski definition) is 1. The summed E-state index contributed by atoms with van der Waals surface area (Å²) in [6.45, 7) is 10.9. The minimum atomic E-state index is -0.349. The van der Waals surface area contributed by atoms with E-state index in [1.54, 1.807) is 0 Å². The van der Waals surface area contributed by atoms with Crippen LogP contribution in [-0.4, -0.2) is 35.6 Å². The van der Waals surface area contributed by atoms with E-state index >= 15 is 0 Å². The van der Waals surface area contributed by atoms with Gasteiger partial charge < -0.3 is 0 Å². The molecule has 110 valence electrons. The van der Waals surface area contributed by atoms with Crippen LogP contribution in [0, 0.1) is 11.3 Å². The van der Waals surface area contributed by atoms with Gasteiger partial charge >= 0.3 is 0 Å². The molecule has 3 nitrogen and oxygen atoms in total. The summed E-state index contributed by atoms with van der Waals surface area (Å²) in [5, 5.41) is 12.7. The van der Waals surface area contributed by atoms with E-state index in [1.165, 1.54) is 19.3 Å². The highest BCUT2D eigenvalue weighted by Crippen LogP contribution is 2.23. The van der Waals surface area contributed by atoms with Crippen LogP contribution in [0.4, 0.5) is 0 Å². The first-order valence-electron chi connectivity index (χ1n) is 7.94. The normalized spacial score (nSPS) is 27.7. The van der Waals surface area contributed by atoms with Gasteiger partial charge in [-0.3, -0.25) is 10.2 Å². The van der Waals surface area contributed by atoms with Gasteiger partial charge in [-0.15, -0.1) is 0 Å². The van der Waals surface area contributed by atoms with Crippen molar-refractivity contribution in [3.05, 3.63) is 0 Å². The third-order valence-corrected chi connectivity index (χ3v) is 4.48. The largest absolute Gasteiger partial charge is 0.300 e. The van der Waals surface area contributed by atoms with E-state index in [2.05, 4.69) is 37.1 Å². The molecule has 1 N–H and O–H groups in total. The molecule has 19 heavy (non-hydrogen) atoms. The van der Waals surface area contributed by atoms with Crippen molar-refractivity contribution < 1.29 is 0 Å². The lowest BCUT2D eigenvalue weighted by atomic mass is 9.94. The molecule has 0 saturated carbocycles. The smallest absolute Gasteiger partial charge is 0.103 e. The topological polar surface area (TPSA) is 39.1 Å². The maximum atomic E-state index is 9.33. The predicted octanol–water partition coefficient (Wildman–Crippen LogP) is 3.31. The molecule has 0 aromatic carbocycles. The number of likely N-dealkylation sites (tertiary alicyclic amines) is 1. The average Bonchev–Trinajstić information content (AvgIpc) is 2.40. The highest BCUT2D eigenvalue weighted by molar-refractivity contribution is 5.03. The Bertz CT molecular complexity index is 287. The van der Waals surface area contributed by atoms with Crippen molar-refractivity contribution in [2.24, 2.45) is 0 Å². The van der Waals surface area contributed by atoms with Crippen molar-refractivity contribution >= 4 is 0 Å². The summed E-state index contributed by atoms with van der Waals surface area (Å²) in [6.07, 6.45) is 7.15. The van der Waals surface area contributed by atoms with E-state index < -0.39 is 0 Å². The van der Waals surface area contributed by atoms with Crippen LogP contribution in [0.3, 0.4) is 0 Å². The lowest BCUT2D eigenvalue weighted by Gasteiger charge is -2.39. The molecule has 0 amide bonds. The molecule has 1 aliphatic rings. The Labute approximate surface area is 119 Å². The number of piperidine rings is 1. The number of nitrogens with one attached hydrogen (secondary N) is 1. The van der Waals surface area contributed by atoms with Crippen LogP contribution >= 0.6 is 0 Å². The average molecular weight is 265 g/mol. The van der Waals surface area contributed by atoms with Crippen molar-refractivity contribution in [1.82, 2.24) is 10.2 Å². The van der Waals surface area contributed by atoms with Crippen LogP contribution in [0.5, 0.6) is 0 Å². The Hall–Kier alpha value is -0.590. The summed E-state index contributed by atoms with van der Waals surface area (Å²) in [6, 6.07) is 3.86. The summed E-state index contributed by atoms with van der Waals surface area (Å²) < 4.78 is 0. The molecule has 0 aliphatic carbocycles. The van der Waals surface area contributed by atoms with Gasteiger partial charge in [0.15, 0.2) is 0 Å². The highest BCUT2D eigenvalue weighted by Gasteiger charge is 2.26. The highest BCUT2D eigenvalue weighted by atomic mass is 15.2. The first-order chi connectivity index (χ1) is 9.02. The fourth-order valence-electron chi connectivity index (χ4n) is 3.12. The van der Waals surface area contributed by atoms with Gasteiger partial charge in [0.1, 0.15) is 5.54 Å². The minimum Gasteiger partial charge on any atom is -0.300 e. The minimum absolute atomic E-state index is 0.349. The first-order valence-corrected chi connectivity index (χ1v) is 7.94. The number of hydrogen-bond acceptors (Lipinski definition) is 3. The van der Waals surface area contributed by atoms with E-state index in [9.17, 15) is 5.26 Å². The number of nitriles is 1. The second kappa shape index (κ2) is 7.87.